The van der Waals surface area contributed by atoms with Crippen molar-refractivity contribution >= 4 is 6.09 Å². The second-order valence-corrected chi connectivity index (χ2v) is 7.32. The number of amides is 1. The maximum atomic E-state index is 12.2. The highest BCUT2D eigenvalue weighted by molar-refractivity contribution is 5.79. The van der Waals surface area contributed by atoms with Gasteiger partial charge in [-0.25, -0.2) is 4.79 Å². The van der Waals surface area contributed by atoms with Crippen LogP contribution in [0.1, 0.15) is 41.2 Å². The molecule has 1 amide bonds. The summed E-state index contributed by atoms with van der Waals surface area (Å²) in [6, 6.07) is 24.2. The molecule has 0 bridgehead atoms. The van der Waals surface area contributed by atoms with Crippen molar-refractivity contribution in [3.8, 4) is 11.1 Å². The summed E-state index contributed by atoms with van der Waals surface area (Å²) in [5.41, 5.74) is 6.74. The number of aliphatic hydroxyl groups excluding tert-OH is 1. The molecule has 0 radical (unpaired) electrons. The number of ether oxygens (including phenoxy) is 1. The molecule has 0 saturated carbocycles. The zero-order chi connectivity index (χ0) is 20.2. The molecule has 0 aromatic heterocycles. The number of carbonyl (C=O) groups is 1. The standard InChI is InChI=1S/C25H25NO3/c1-2-17-11-13-18(14-12-17)24(27)15-26-25(28)29-16-23-21-9-5-3-7-19(21)20-8-4-6-10-22(20)23/h3-14,23-24,27H,2,15-16H2,1H3,(H,26,28). The SMILES string of the molecule is CCc1ccc(C(O)CNC(=O)OCC2c3ccccc3-c3ccccc32)cc1. The Bertz CT molecular complexity index is 951. The fourth-order valence-electron chi connectivity index (χ4n) is 3.92. The summed E-state index contributed by atoms with van der Waals surface area (Å²) in [5.74, 6) is 0.0275. The van der Waals surface area contributed by atoms with Crippen LogP contribution in [-0.2, 0) is 11.2 Å². The number of hydrogen-bond acceptors (Lipinski definition) is 3. The molecule has 1 atom stereocenters. The third-order valence-electron chi connectivity index (χ3n) is 5.56. The maximum absolute atomic E-state index is 12.2. The van der Waals surface area contributed by atoms with E-state index in [2.05, 4.69) is 36.5 Å². The zero-order valence-corrected chi connectivity index (χ0v) is 16.5. The first kappa shape index (κ1) is 19.2. The summed E-state index contributed by atoms with van der Waals surface area (Å²) in [7, 11) is 0. The van der Waals surface area contributed by atoms with Gasteiger partial charge in [-0.05, 0) is 39.8 Å². The second-order valence-electron chi connectivity index (χ2n) is 7.32. The highest BCUT2D eigenvalue weighted by Gasteiger charge is 2.29. The van der Waals surface area contributed by atoms with Crippen LogP contribution in [0.4, 0.5) is 4.79 Å². The molecule has 3 aromatic rings. The number of aryl methyl sites for hydroxylation is 1. The Labute approximate surface area is 171 Å². The van der Waals surface area contributed by atoms with Gasteiger partial charge in [-0.3, -0.25) is 0 Å². The lowest BCUT2D eigenvalue weighted by Gasteiger charge is -2.16. The Morgan fingerprint density at radius 3 is 2.14 bits per heavy atom. The van der Waals surface area contributed by atoms with Gasteiger partial charge in [0, 0.05) is 5.92 Å². The minimum Gasteiger partial charge on any atom is -0.449 e. The maximum Gasteiger partial charge on any atom is 0.407 e. The molecular formula is C25H25NO3. The van der Waals surface area contributed by atoms with Crippen LogP contribution in [0.3, 0.4) is 0 Å². The van der Waals surface area contributed by atoms with Gasteiger partial charge in [0.25, 0.3) is 0 Å². The average molecular weight is 387 g/mol. The van der Waals surface area contributed by atoms with Crippen molar-refractivity contribution in [2.75, 3.05) is 13.2 Å². The predicted octanol–water partition coefficient (Wildman–Crippen LogP) is 4.82. The predicted molar refractivity (Wildman–Crippen MR) is 114 cm³/mol. The molecule has 2 N–H and O–H groups in total. The van der Waals surface area contributed by atoms with Crippen molar-refractivity contribution in [1.82, 2.24) is 5.32 Å². The third kappa shape index (κ3) is 4.03. The topological polar surface area (TPSA) is 58.6 Å². The number of nitrogens with one attached hydrogen (secondary N) is 1. The fourth-order valence-corrected chi connectivity index (χ4v) is 3.92. The number of fused-ring (bicyclic) bond motifs is 3. The van der Waals surface area contributed by atoms with E-state index < -0.39 is 12.2 Å². The largest absolute Gasteiger partial charge is 0.449 e. The molecular weight excluding hydrogens is 362 g/mol. The molecule has 0 saturated heterocycles. The number of carbonyl (C=O) groups excluding carboxylic acids is 1. The number of aliphatic hydroxyl groups is 1. The Kier molecular flexibility index (Phi) is 5.63. The lowest BCUT2D eigenvalue weighted by molar-refractivity contribution is 0.128. The van der Waals surface area contributed by atoms with Gasteiger partial charge in [-0.2, -0.15) is 0 Å². The molecule has 1 aliphatic carbocycles. The van der Waals surface area contributed by atoms with Crippen LogP contribution in [0.2, 0.25) is 0 Å². The molecule has 1 unspecified atom stereocenters. The Morgan fingerprint density at radius 1 is 0.966 bits per heavy atom. The van der Waals surface area contributed by atoms with E-state index in [4.69, 9.17) is 4.74 Å². The summed E-state index contributed by atoms with van der Waals surface area (Å²) < 4.78 is 5.50. The van der Waals surface area contributed by atoms with Crippen LogP contribution in [0.5, 0.6) is 0 Å². The highest BCUT2D eigenvalue weighted by Crippen LogP contribution is 2.44. The van der Waals surface area contributed by atoms with Gasteiger partial charge >= 0.3 is 6.09 Å². The Hall–Kier alpha value is -3.11. The van der Waals surface area contributed by atoms with Gasteiger partial charge in [-0.15, -0.1) is 0 Å². The summed E-state index contributed by atoms with van der Waals surface area (Å²) in [6.45, 7) is 2.47. The van der Waals surface area contributed by atoms with Crippen LogP contribution >= 0.6 is 0 Å². The smallest absolute Gasteiger partial charge is 0.407 e. The molecule has 148 valence electrons. The molecule has 4 rings (SSSR count). The van der Waals surface area contributed by atoms with Gasteiger partial charge in [0.05, 0.1) is 12.6 Å². The normalized spacial score (nSPS) is 13.4. The summed E-state index contributed by atoms with van der Waals surface area (Å²) >= 11 is 0. The fraction of sp³-hybridized carbons (Fsp3) is 0.240. The lowest BCUT2D eigenvalue weighted by atomic mass is 9.98. The number of hydrogen-bond donors (Lipinski definition) is 2. The molecule has 4 heteroatoms. The molecule has 29 heavy (non-hydrogen) atoms. The zero-order valence-electron chi connectivity index (χ0n) is 16.5. The van der Waals surface area contributed by atoms with Crippen LogP contribution < -0.4 is 5.32 Å². The monoisotopic (exact) mass is 387 g/mol. The van der Waals surface area contributed by atoms with Gasteiger partial charge in [0.1, 0.15) is 6.61 Å². The van der Waals surface area contributed by atoms with Crippen molar-refractivity contribution in [1.29, 1.82) is 0 Å². The van der Waals surface area contributed by atoms with Crippen molar-refractivity contribution in [3.63, 3.8) is 0 Å². The van der Waals surface area contributed by atoms with E-state index >= 15 is 0 Å². The molecule has 4 nitrogen and oxygen atoms in total. The molecule has 1 aliphatic rings. The van der Waals surface area contributed by atoms with Crippen molar-refractivity contribution in [2.45, 2.75) is 25.4 Å². The summed E-state index contributed by atoms with van der Waals surface area (Å²) in [6.07, 6.45) is -0.327. The second kappa shape index (κ2) is 8.50. The minimum absolute atomic E-state index is 0.0275. The summed E-state index contributed by atoms with van der Waals surface area (Å²) in [4.78, 5) is 12.2. The van der Waals surface area contributed by atoms with Crippen LogP contribution in [0.25, 0.3) is 11.1 Å². The van der Waals surface area contributed by atoms with E-state index in [1.807, 2.05) is 48.5 Å². The molecule has 0 heterocycles. The van der Waals surface area contributed by atoms with Crippen LogP contribution in [-0.4, -0.2) is 24.4 Å². The number of benzene rings is 3. The Morgan fingerprint density at radius 2 is 1.55 bits per heavy atom. The number of alkyl carbamates (subject to hydrolysis) is 1. The molecule has 0 aliphatic heterocycles. The van der Waals surface area contributed by atoms with Gasteiger partial charge in [-0.1, -0.05) is 79.7 Å². The number of rotatable bonds is 6. The van der Waals surface area contributed by atoms with E-state index in [0.717, 1.165) is 12.0 Å². The third-order valence-corrected chi connectivity index (χ3v) is 5.56. The van der Waals surface area contributed by atoms with E-state index in [-0.39, 0.29) is 19.1 Å². The highest BCUT2D eigenvalue weighted by atomic mass is 16.5. The quantitative estimate of drug-likeness (QED) is 0.637. The minimum atomic E-state index is -0.763. The first-order chi connectivity index (χ1) is 14.2. The van der Waals surface area contributed by atoms with Gasteiger partial charge in [0.15, 0.2) is 0 Å². The van der Waals surface area contributed by atoms with Gasteiger partial charge < -0.3 is 15.2 Å². The van der Waals surface area contributed by atoms with Gasteiger partial charge in [0.2, 0.25) is 0 Å². The van der Waals surface area contributed by atoms with E-state index in [9.17, 15) is 9.90 Å². The van der Waals surface area contributed by atoms with E-state index in [1.54, 1.807) is 0 Å². The first-order valence-electron chi connectivity index (χ1n) is 10.0. The van der Waals surface area contributed by atoms with Crippen LogP contribution in [0, 0.1) is 0 Å². The van der Waals surface area contributed by atoms with E-state index in [0.29, 0.717) is 0 Å². The average Bonchev–Trinajstić information content (AvgIpc) is 3.10. The molecule has 0 fully saturated rings. The Balaban J connectivity index is 1.35. The molecule has 3 aromatic carbocycles. The van der Waals surface area contributed by atoms with Crippen molar-refractivity contribution in [2.24, 2.45) is 0 Å². The van der Waals surface area contributed by atoms with E-state index in [1.165, 1.54) is 27.8 Å². The van der Waals surface area contributed by atoms with Crippen molar-refractivity contribution < 1.29 is 14.6 Å². The first-order valence-corrected chi connectivity index (χ1v) is 10.0. The van der Waals surface area contributed by atoms with Crippen molar-refractivity contribution in [3.05, 3.63) is 95.1 Å². The summed E-state index contributed by atoms with van der Waals surface area (Å²) in [5, 5.41) is 13.0. The lowest BCUT2D eigenvalue weighted by Crippen LogP contribution is -2.30. The molecule has 0 spiro atoms. The van der Waals surface area contributed by atoms with Crippen LogP contribution in [0.15, 0.2) is 72.8 Å².